The second-order valence-corrected chi connectivity index (χ2v) is 9.54. The first-order valence-corrected chi connectivity index (χ1v) is 10.7. The molecule has 1 aliphatic rings. The number of likely N-dealkylation sites (tertiary alicyclic amines) is 1. The summed E-state index contributed by atoms with van der Waals surface area (Å²) in [6, 6.07) is 6.47. The van der Waals surface area contributed by atoms with Crippen LogP contribution < -0.4 is 0 Å². The first kappa shape index (κ1) is 22.3. The van der Waals surface area contributed by atoms with Gasteiger partial charge in [0.1, 0.15) is 0 Å². The van der Waals surface area contributed by atoms with E-state index >= 15 is 0 Å². The van der Waals surface area contributed by atoms with E-state index < -0.39 is 11.7 Å². The lowest BCUT2D eigenvalue weighted by Crippen LogP contribution is -2.43. The maximum absolute atomic E-state index is 13.6. The van der Waals surface area contributed by atoms with Gasteiger partial charge in [0.15, 0.2) is 0 Å². The summed E-state index contributed by atoms with van der Waals surface area (Å²) < 4.78 is 44.9. The minimum absolute atomic E-state index is 0.0722. The maximum Gasteiger partial charge on any atom is 0.416 e. The van der Waals surface area contributed by atoms with Gasteiger partial charge in [-0.25, -0.2) is 4.98 Å². The molecular weight excluding hydrogens is 419 g/mol. The molecule has 1 aromatic carbocycles. The van der Waals surface area contributed by atoms with Gasteiger partial charge in [0.25, 0.3) is 11.6 Å². The number of carbonyl (C=O) groups is 1. The van der Waals surface area contributed by atoms with Crippen LogP contribution in [-0.2, 0) is 6.18 Å². The lowest BCUT2D eigenvalue weighted by molar-refractivity contribution is -0.137. The number of fused-ring (bicyclic) bond motifs is 1. The van der Waals surface area contributed by atoms with Crippen molar-refractivity contribution in [2.75, 3.05) is 13.1 Å². The van der Waals surface area contributed by atoms with Crippen LogP contribution in [0, 0.1) is 18.3 Å². The van der Waals surface area contributed by atoms with Crippen LogP contribution >= 0.6 is 0 Å². The first-order valence-electron chi connectivity index (χ1n) is 10.7. The summed E-state index contributed by atoms with van der Waals surface area (Å²) in [5.41, 5.74) is 0.825. The van der Waals surface area contributed by atoms with Crippen molar-refractivity contribution < 1.29 is 22.5 Å². The Morgan fingerprint density at radius 3 is 2.62 bits per heavy atom. The van der Waals surface area contributed by atoms with Crippen LogP contribution in [0.2, 0.25) is 0 Å². The normalized spacial score (nSPS) is 17.7. The van der Waals surface area contributed by atoms with Gasteiger partial charge in [0, 0.05) is 18.7 Å². The Morgan fingerprint density at radius 1 is 1.19 bits per heavy atom. The minimum Gasteiger partial charge on any atom is -0.338 e. The lowest BCUT2D eigenvalue weighted by atomic mass is 9.76. The molecule has 32 heavy (non-hydrogen) atoms. The Kier molecular flexibility index (Phi) is 5.51. The highest BCUT2D eigenvalue weighted by Gasteiger charge is 2.34. The molecule has 170 valence electrons. The molecule has 1 atom stereocenters. The van der Waals surface area contributed by atoms with Crippen LogP contribution in [0.25, 0.3) is 22.4 Å². The Bertz CT molecular complexity index is 1160. The number of amides is 1. The molecule has 5 nitrogen and oxygen atoms in total. The second kappa shape index (κ2) is 7.90. The number of nitrogens with zero attached hydrogens (tertiary/aromatic N) is 3. The number of hydrogen-bond donors (Lipinski definition) is 0. The third kappa shape index (κ3) is 4.23. The fraction of sp³-hybridized carbons (Fsp3) is 0.458. The summed E-state index contributed by atoms with van der Waals surface area (Å²) in [6.45, 7) is 9.51. The Labute approximate surface area is 184 Å². The van der Waals surface area contributed by atoms with Crippen LogP contribution in [0.15, 0.2) is 34.9 Å². The zero-order valence-corrected chi connectivity index (χ0v) is 18.6. The molecule has 1 saturated heterocycles. The molecule has 0 N–H and O–H groups in total. The van der Waals surface area contributed by atoms with Gasteiger partial charge < -0.3 is 9.42 Å². The average Bonchev–Trinajstić information content (AvgIpc) is 3.12. The average molecular weight is 445 g/mol. The van der Waals surface area contributed by atoms with Crippen molar-refractivity contribution in [3.05, 3.63) is 47.2 Å². The Balaban J connectivity index is 1.78. The van der Waals surface area contributed by atoms with Gasteiger partial charge >= 0.3 is 6.18 Å². The minimum atomic E-state index is -4.47. The van der Waals surface area contributed by atoms with Crippen molar-refractivity contribution in [1.82, 2.24) is 15.0 Å². The number of rotatable bonds is 2. The fourth-order valence-corrected chi connectivity index (χ4v) is 4.30. The quantitative estimate of drug-likeness (QED) is 0.477. The molecule has 1 fully saturated rings. The second-order valence-electron chi connectivity index (χ2n) is 9.54. The number of hydrogen-bond acceptors (Lipinski definition) is 4. The van der Waals surface area contributed by atoms with Crippen molar-refractivity contribution in [3.8, 4) is 11.3 Å². The molecule has 0 radical (unpaired) electrons. The van der Waals surface area contributed by atoms with Crippen molar-refractivity contribution in [2.24, 2.45) is 11.3 Å². The number of halogens is 3. The highest BCUT2D eigenvalue weighted by molar-refractivity contribution is 6.07. The number of aryl methyl sites for hydroxylation is 1. The summed E-state index contributed by atoms with van der Waals surface area (Å²) in [5, 5.41) is 4.44. The van der Waals surface area contributed by atoms with E-state index in [2.05, 4.69) is 30.9 Å². The van der Waals surface area contributed by atoms with Gasteiger partial charge in [-0.1, -0.05) is 38.1 Å². The van der Waals surface area contributed by atoms with Gasteiger partial charge in [0.05, 0.1) is 27.9 Å². The first-order chi connectivity index (χ1) is 14.9. The molecule has 4 rings (SSSR count). The highest BCUT2D eigenvalue weighted by atomic mass is 19.4. The number of aromatic nitrogens is 2. The summed E-state index contributed by atoms with van der Waals surface area (Å²) in [4.78, 5) is 19.8. The predicted molar refractivity (Wildman–Crippen MR) is 115 cm³/mol. The molecule has 0 spiro atoms. The van der Waals surface area contributed by atoms with Crippen LogP contribution in [-0.4, -0.2) is 34.0 Å². The number of carbonyl (C=O) groups excluding carboxylic acids is 1. The Morgan fingerprint density at radius 2 is 1.94 bits per heavy atom. The molecule has 3 heterocycles. The van der Waals surface area contributed by atoms with E-state index in [-0.39, 0.29) is 28.3 Å². The van der Waals surface area contributed by atoms with E-state index in [1.807, 2.05) is 4.90 Å². The third-order valence-electron chi connectivity index (χ3n) is 6.27. The zero-order chi connectivity index (χ0) is 23.3. The smallest absolute Gasteiger partial charge is 0.338 e. The molecule has 1 aliphatic heterocycles. The summed E-state index contributed by atoms with van der Waals surface area (Å²) in [7, 11) is 0. The van der Waals surface area contributed by atoms with Crippen molar-refractivity contribution in [3.63, 3.8) is 0 Å². The zero-order valence-electron chi connectivity index (χ0n) is 18.6. The standard InChI is InChI=1S/C24H26F3N3O2/c1-14-20-18(22(31)30-10-6-9-17(13-30)23(2,3)4)12-19(28-21(20)32-29-14)15-7-5-8-16(11-15)24(25,26)27/h5,7-8,11-12,17H,6,9-10,13H2,1-4H3. The number of alkyl halides is 3. The fourth-order valence-electron chi connectivity index (χ4n) is 4.30. The van der Waals surface area contributed by atoms with E-state index in [9.17, 15) is 18.0 Å². The molecule has 2 aromatic heterocycles. The van der Waals surface area contributed by atoms with E-state index in [4.69, 9.17) is 4.52 Å². The molecular formula is C24H26F3N3O2. The Hall–Kier alpha value is -2.90. The molecule has 0 bridgehead atoms. The largest absolute Gasteiger partial charge is 0.416 e. The molecule has 1 amide bonds. The van der Waals surface area contributed by atoms with Gasteiger partial charge in [-0.05, 0) is 49.3 Å². The van der Waals surface area contributed by atoms with Crippen molar-refractivity contribution >= 4 is 17.0 Å². The summed E-state index contributed by atoms with van der Waals surface area (Å²) >= 11 is 0. The highest BCUT2D eigenvalue weighted by Crippen LogP contribution is 2.36. The van der Waals surface area contributed by atoms with E-state index in [1.165, 1.54) is 12.1 Å². The van der Waals surface area contributed by atoms with Crippen molar-refractivity contribution in [1.29, 1.82) is 0 Å². The van der Waals surface area contributed by atoms with Crippen LogP contribution in [0.5, 0.6) is 0 Å². The maximum atomic E-state index is 13.6. The topological polar surface area (TPSA) is 59.2 Å². The van der Waals surface area contributed by atoms with Crippen LogP contribution in [0.1, 0.15) is 55.2 Å². The molecule has 0 saturated carbocycles. The molecule has 0 aliphatic carbocycles. The lowest BCUT2D eigenvalue weighted by Gasteiger charge is -2.39. The molecule has 1 unspecified atom stereocenters. The van der Waals surface area contributed by atoms with Gasteiger partial charge in [0.2, 0.25) is 0 Å². The summed E-state index contributed by atoms with van der Waals surface area (Å²) in [6.07, 6.45) is -2.51. The molecule has 8 heteroatoms. The predicted octanol–water partition coefficient (Wildman–Crippen LogP) is 6.12. The third-order valence-corrected chi connectivity index (χ3v) is 6.27. The van der Waals surface area contributed by atoms with Crippen LogP contribution in [0.4, 0.5) is 13.2 Å². The van der Waals surface area contributed by atoms with E-state index in [0.29, 0.717) is 35.7 Å². The van der Waals surface area contributed by atoms with Gasteiger partial charge in [-0.3, -0.25) is 4.79 Å². The molecule has 3 aromatic rings. The SMILES string of the molecule is Cc1noc2nc(-c3cccc(C(F)(F)F)c3)cc(C(=O)N3CCCC(C(C)(C)C)C3)c12. The van der Waals surface area contributed by atoms with Gasteiger partial charge in [-0.15, -0.1) is 0 Å². The number of piperidine rings is 1. The number of benzene rings is 1. The summed E-state index contributed by atoms with van der Waals surface area (Å²) in [5.74, 6) is 0.190. The monoisotopic (exact) mass is 445 g/mol. The van der Waals surface area contributed by atoms with E-state index in [0.717, 1.165) is 25.0 Å². The van der Waals surface area contributed by atoms with E-state index in [1.54, 1.807) is 13.0 Å². The van der Waals surface area contributed by atoms with Crippen molar-refractivity contribution in [2.45, 2.75) is 46.7 Å². The van der Waals surface area contributed by atoms with Gasteiger partial charge in [-0.2, -0.15) is 13.2 Å². The number of pyridine rings is 1. The van der Waals surface area contributed by atoms with Crippen LogP contribution in [0.3, 0.4) is 0 Å².